The van der Waals surface area contributed by atoms with Gasteiger partial charge in [-0.1, -0.05) is 0 Å². The summed E-state index contributed by atoms with van der Waals surface area (Å²) < 4.78 is 2.08. The maximum absolute atomic E-state index is 4.37. The van der Waals surface area contributed by atoms with Crippen molar-refractivity contribution >= 4 is 0 Å². The van der Waals surface area contributed by atoms with Crippen molar-refractivity contribution in [2.75, 3.05) is 26.7 Å². The van der Waals surface area contributed by atoms with Crippen molar-refractivity contribution in [3.63, 3.8) is 0 Å². The van der Waals surface area contributed by atoms with Gasteiger partial charge < -0.3 is 14.8 Å². The molecule has 0 saturated carbocycles. The molecular weight excluding hydrogens is 200 g/mol. The summed E-state index contributed by atoms with van der Waals surface area (Å²) >= 11 is 0. The largest absolute Gasteiger partial charge is 0.337 e. The molecular formula is C12H22N4. The maximum Gasteiger partial charge on any atom is 0.125 e. The number of rotatable bonds is 4. The Kier molecular flexibility index (Phi) is 3.61. The molecule has 4 heteroatoms. The molecule has 2 unspecified atom stereocenters. The first-order chi connectivity index (χ1) is 7.66. The third-order valence-electron chi connectivity index (χ3n) is 3.45. The van der Waals surface area contributed by atoms with Crippen molar-refractivity contribution in [2.24, 2.45) is 13.0 Å². The van der Waals surface area contributed by atoms with E-state index in [9.17, 15) is 0 Å². The van der Waals surface area contributed by atoms with E-state index >= 15 is 0 Å². The molecule has 1 aliphatic rings. The third-order valence-corrected chi connectivity index (χ3v) is 3.45. The van der Waals surface area contributed by atoms with Gasteiger partial charge in [0, 0.05) is 26.0 Å². The number of hydrogen-bond acceptors (Lipinski definition) is 3. The number of hydrogen-bond donors (Lipinski definition) is 1. The molecule has 1 saturated heterocycles. The molecule has 0 radical (unpaired) electrons. The van der Waals surface area contributed by atoms with Crippen LogP contribution in [0.2, 0.25) is 0 Å². The molecule has 90 valence electrons. The molecule has 1 fully saturated rings. The average Bonchev–Trinajstić information content (AvgIpc) is 2.84. The second-order valence-corrected chi connectivity index (χ2v) is 4.94. The third kappa shape index (κ3) is 2.62. The topological polar surface area (TPSA) is 33.1 Å². The minimum absolute atomic E-state index is 0.339. The lowest BCUT2D eigenvalue weighted by Crippen LogP contribution is -2.28. The Hall–Kier alpha value is -0.870. The van der Waals surface area contributed by atoms with Gasteiger partial charge in [-0.3, -0.25) is 0 Å². The lowest BCUT2D eigenvalue weighted by Gasteiger charge is -2.17. The van der Waals surface area contributed by atoms with Gasteiger partial charge in [0.05, 0.1) is 6.04 Å². The fourth-order valence-electron chi connectivity index (χ4n) is 2.42. The van der Waals surface area contributed by atoms with Gasteiger partial charge in [0.15, 0.2) is 0 Å². The highest BCUT2D eigenvalue weighted by molar-refractivity contribution is 4.97. The van der Waals surface area contributed by atoms with Crippen LogP contribution in [0.25, 0.3) is 0 Å². The molecule has 0 aliphatic carbocycles. The standard InChI is InChI=1S/C12H22N4/c1-10(12-13-5-7-16(12)3)14-8-11-4-6-15(2)9-11/h5,7,10-11,14H,4,6,8-9H2,1-3H3. The minimum Gasteiger partial charge on any atom is -0.337 e. The van der Waals surface area contributed by atoms with Gasteiger partial charge >= 0.3 is 0 Å². The molecule has 4 nitrogen and oxygen atoms in total. The Bertz CT molecular complexity index is 334. The van der Waals surface area contributed by atoms with E-state index in [-0.39, 0.29) is 0 Å². The predicted octanol–water partition coefficient (Wildman–Crippen LogP) is 1.02. The molecule has 2 atom stereocenters. The number of nitrogens with zero attached hydrogens (tertiary/aromatic N) is 3. The van der Waals surface area contributed by atoms with E-state index < -0.39 is 0 Å². The number of aromatic nitrogens is 2. The first-order valence-corrected chi connectivity index (χ1v) is 6.06. The lowest BCUT2D eigenvalue weighted by molar-refractivity contribution is 0.379. The van der Waals surface area contributed by atoms with Gasteiger partial charge in [-0.25, -0.2) is 4.98 Å². The van der Waals surface area contributed by atoms with Gasteiger partial charge in [0.25, 0.3) is 0 Å². The number of aryl methyl sites for hydroxylation is 1. The van der Waals surface area contributed by atoms with E-state index in [0.717, 1.165) is 18.3 Å². The Balaban J connectivity index is 1.80. The van der Waals surface area contributed by atoms with Gasteiger partial charge in [0.2, 0.25) is 0 Å². The normalized spacial score (nSPS) is 23.8. The summed E-state index contributed by atoms with van der Waals surface area (Å²) in [6.07, 6.45) is 5.17. The molecule has 1 aliphatic heterocycles. The highest BCUT2D eigenvalue weighted by Gasteiger charge is 2.20. The van der Waals surface area contributed by atoms with E-state index in [4.69, 9.17) is 0 Å². The zero-order valence-electron chi connectivity index (χ0n) is 10.5. The molecule has 1 N–H and O–H groups in total. The summed E-state index contributed by atoms with van der Waals surface area (Å²) in [6.45, 7) is 5.74. The second kappa shape index (κ2) is 4.97. The predicted molar refractivity (Wildman–Crippen MR) is 65.2 cm³/mol. The fourth-order valence-corrected chi connectivity index (χ4v) is 2.42. The van der Waals surface area contributed by atoms with Crippen LogP contribution in [-0.2, 0) is 7.05 Å². The van der Waals surface area contributed by atoms with Crippen molar-refractivity contribution in [1.29, 1.82) is 0 Å². The van der Waals surface area contributed by atoms with Crippen LogP contribution in [0.5, 0.6) is 0 Å². The first kappa shape index (κ1) is 11.6. The fraction of sp³-hybridized carbons (Fsp3) is 0.750. The molecule has 1 aromatic heterocycles. The summed E-state index contributed by atoms with van der Waals surface area (Å²) in [5.74, 6) is 1.92. The zero-order valence-corrected chi connectivity index (χ0v) is 10.5. The van der Waals surface area contributed by atoms with Gasteiger partial charge in [-0.15, -0.1) is 0 Å². The first-order valence-electron chi connectivity index (χ1n) is 6.06. The molecule has 0 spiro atoms. The Labute approximate surface area is 97.7 Å². The van der Waals surface area contributed by atoms with Crippen LogP contribution in [0.3, 0.4) is 0 Å². The molecule has 0 bridgehead atoms. The summed E-state index contributed by atoms with van der Waals surface area (Å²) in [5, 5.41) is 3.58. The van der Waals surface area contributed by atoms with Crippen LogP contribution >= 0.6 is 0 Å². The van der Waals surface area contributed by atoms with Crippen molar-refractivity contribution in [3.05, 3.63) is 18.2 Å². The summed E-state index contributed by atoms with van der Waals surface area (Å²) in [5.41, 5.74) is 0. The highest BCUT2D eigenvalue weighted by Crippen LogP contribution is 2.15. The lowest BCUT2D eigenvalue weighted by atomic mass is 10.1. The summed E-state index contributed by atoms with van der Waals surface area (Å²) in [6, 6.07) is 0.339. The molecule has 0 amide bonds. The van der Waals surface area contributed by atoms with Crippen LogP contribution in [-0.4, -0.2) is 41.1 Å². The Morgan fingerprint density at radius 3 is 2.94 bits per heavy atom. The Morgan fingerprint density at radius 1 is 1.56 bits per heavy atom. The van der Waals surface area contributed by atoms with Crippen LogP contribution in [0.15, 0.2) is 12.4 Å². The van der Waals surface area contributed by atoms with Crippen molar-refractivity contribution < 1.29 is 0 Å². The molecule has 16 heavy (non-hydrogen) atoms. The van der Waals surface area contributed by atoms with Gasteiger partial charge in [-0.05, 0) is 39.4 Å². The van der Waals surface area contributed by atoms with Gasteiger partial charge in [0.1, 0.15) is 5.82 Å². The molecule has 1 aromatic rings. The Morgan fingerprint density at radius 2 is 2.38 bits per heavy atom. The average molecular weight is 222 g/mol. The van der Waals surface area contributed by atoms with E-state index in [1.165, 1.54) is 19.5 Å². The SMILES string of the molecule is CC(NCC1CCN(C)C1)c1nccn1C. The van der Waals surface area contributed by atoms with Crippen LogP contribution in [0.1, 0.15) is 25.2 Å². The maximum atomic E-state index is 4.37. The minimum atomic E-state index is 0.339. The number of nitrogens with one attached hydrogen (secondary N) is 1. The van der Waals surface area contributed by atoms with Crippen molar-refractivity contribution in [3.8, 4) is 0 Å². The van der Waals surface area contributed by atoms with Crippen LogP contribution in [0, 0.1) is 5.92 Å². The summed E-state index contributed by atoms with van der Waals surface area (Å²) in [4.78, 5) is 6.77. The molecule has 2 rings (SSSR count). The van der Waals surface area contributed by atoms with E-state index in [0.29, 0.717) is 6.04 Å². The van der Waals surface area contributed by atoms with Crippen LogP contribution in [0.4, 0.5) is 0 Å². The van der Waals surface area contributed by atoms with E-state index in [1.54, 1.807) is 0 Å². The number of imidazole rings is 1. The monoisotopic (exact) mass is 222 g/mol. The molecule has 2 heterocycles. The number of likely N-dealkylation sites (tertiary alicyclic amines) is 1. The highest BCUT2D eigenvalue weighted by atomic mass is 15.1. The second-order valence-electron chi connectivity index (χ2n) is 4.94. The van der Waals surface area contributed by atoms with Crippen molar-refractivity contribution in [2.45, 2.75) is 19.4 Å². The van der Waals surface area contributed by atoms with Gasteiger partial charge in [-0.2, -0.15) is 0 Å². The quantitative estimate of drug-likeness (QED) is 0.826. The zero-order chi connectivity index (χ0) is 11.5. The molecule has 0 aromatic carbocycles. The van der Waals surface area contributed by atoms with E-state index in [1.807, 2.05) is 19.4 Å². The summed E-state index contributed by atoms with van der Waals surface area (Å²) in [7, 11) is 4.24. The van der Waals surface area contributed by atoms with E-state index in [2.05, 4.69) is 33.7 Å². The van der Waals surface area contributed by atoms with Crippen LogP contribution < -0.4 is 5.32 Å². The smallest absolute Gasteiger partial charge is 0.125 e. The van der Waals surface area contributed by atoms with Crippen molar-refractivity contribution in [1.82, 2.24) is 19.8 Å².